The highest BCUT2D eigenvalue weighted by Gasteiger charge is 2.37. The molecule has 7 aromatic rings. The number of nitrogens with zero attached hydrogens (tertiary/aromatic N) is 6. The summed E-state index contributed by atoms with van der Waals surface area (Å²) in [6, 6.07) is 31.5. The van der Waals surface area contributed by atoms with Gasteiger partial charge < -0.3 is 25.2 Å². The van der Waals surface area contributed by atoms with E-state index in [1.54, 1.807) is 32.2 Å². The van der Waals surface area contributed by atoms with Crippen molar-refractivity contribution in [2.24, 2.45) is 34.3 Å². The van der Waals surface area contributed by atoms with E-state index < -0.39 is 32.5 Å². The first kappa shape index (κ1) is 50.6. The molecule has 2 aromatic heterocycles. The molecule has 14 nitrogen and oxygen atoms in total. The van der Waals surface area contributed by atoms with Gasteiger partial charge in [-0.05, 0) is 91.6 Å². The Labute approximate surface area is 406 Å². The average molecular weight is 974 g/mol. The molecular formula is C53H57F2N7O7S. The second-order valence-electron chi connectivity index (χ2n) is 18.1. The van der Waals surface area contributed by atoms with E-state index in [1.807, 2.05) is 82.3 Å². The molecule has 0 saturated heterocycles. The molecule has 2 unspecified atom stereocenters. The fourth-order valence-corrected chi connectivity index (χ4v) is 9.40. The molecule has 0 aliphatic rings. The van der Waals surface area contributed by atoms with Crippen molar-refractivity contribution in [1.82, 2.24) is 18.7 Å². The molecule has 0 radical (unpaired) electrons. The van der Waals surface area contributed by atoms with Crippen LogP contribution < -0.4 is 10.6 Å². The largest absolute Gasteiger partial charge is 0.471 e. The van der Waals surface area contributed by atoms with Crippen molar-refractivity contribution in [2.75, 3.05) is 13.2 Å². The summed E-state index contributed by atoms with van der Waals surface area (Å²) in [7, 11) is -2.52. The summed E-state index contributed by atoms with van der Waals surface area (Å²) in [6.45, 7) is 9.66. The number of aliphatic hydroxyl groups excluding tert-OH is 1. The number of aliphatic imine (C=N–C) groups is 1. The third kappa shape index (κ3) is 11.3. The number of ether oxygens (including phenoxy) is 3. The maximum absolute atomic E-state index is 16.7. The van der Waals surface area contributed by atoms with Gasteiger partial charge in [0.1, 0.15) is 18.2 Å². The number of carbonyl (C=O) groups excluding carboxylic acids is 1. The van der Waals surface area contributed by atoms with E-state index in [2.05, 4.69) is 10.1 Å². The standard InChI is InChI=1S/C53H57F2N7O7S/c1-7-67-50(64)35(2)27-37-17-14-18-38(28-37)53(5,25-24-52(3,4)34-63)51-58-49(61(6)60-51)42-29-39(21-22-44(42)54)69-48-43(31-57-32-47(59-56)68-33-36-15-10-8-11-16-36)41-23-26-62(46(41)30-45(48)55)70(65,66)40-19-12-9-13-20-40/h8-23,26,28-30,32,35,63H,7,24-25,27,31,33-34,56H2,1-6H3/b57-32?,59-47+. The molecule has 7 rings (SSSR count). The number of aromatic nitrogens is 4. The molecule has 3 N–H and O–H groups in total. The number of rotatable bonds is 20. The van der Waals surface area contributed by atoms with Crippen LogP contribution in [0.5, 0.6) is 11.5 Å². The van der Waals surface area contributed by atoms with Gasteiger partial charge in [-0.2, -0.15) is 5.10 Å². The third-order valence-corrected chi connectivity index (χ3v) is 14.0. The zero-order valence-corrected chi connectivity index (χ0v) is 40.8. The SMILES string of the molecule is CCOC(=O)C(C)Cc1cccc(C(C)(CCC(C)(C)CO)c2nc(-c3cc(Oc4c(F)cc5c(ccn5S(=O)(=O)c5ccccc5)c4CN=C/C(=N\N)OCc4ccccc4)ccc3F)n(C)n2)c1. The lowest BCUT2D eigenvalue weighted by molar-refractivity contribution is -0.147. The summed E-state index contributed by atoms with van der Waals surface area (Å²) in [5.41, 5.74) is 1.55. The Kier molecular flexibility index (Phi) is 15.6. The summed E-state index contributed by atoms with van der Waals surface area (Å²) in [5.74, 6) is 3.68. The van der Waals surface area contributed by atoms with Gasteiger partial charge in [0.05, 0.1) is 46.7 Å². The van der Waals surface area contributed by atoms with Gasteiger partial charge in [0, 0.05) is 36.9 Å². The fourth-order valence-electron chi connectivity index (χ4n) is 8.04. The maximum atomic E-state index is 16.7. The maximum Gasteiger partial charge on any atom is 0.308 e. The van der Waals surface area contributed by atoms with E-state index in [1.165, 1.54) is 53.5 Å². The van der Waals surface area contributed by atoms with Crippen molar-refractivity contribution in [3.8, 4) is 22.9 Å². The van der Waals surface area contributed by atoms with Crippen LogP contribution >= 0.6 is 0 Å². The molecule has 2 atom stereocenters. The fraction of sp³-hybridized carbons (Fsp3) is 0.302. The quantitative estimate of drug-likeness (QED) is 0.0245. The van der Waals surface area contributed by atoms with Crippen molar-refractivity contribution < 1.29 is 41.3 Å². The van der Waals surface area contributed by atoms with Crippen molar-refractivity contribution in [3.63, 3.8) is 0 Å². The molecule has 0 aliphatic heterocycles. The predicted molar refractivity (Wildman–Crippen MR) is 265 cm³/mol. The number of nitrogens with two attached hydrogens (primary N) is 1. The molecule has 0 fully saturated rings. The van der Waals surface area contributed by atoms with Crippen molar-refractivity contribution in [3.05, 3.63) is 161 Å². The van der Waals surface area contributed by atoms with Crippen LogP contribution in [0.1, 0.15) is 75.5 Å². The van der Waals surface area contributed by atoms with E-state index >= 15 is 8.78 Å². The number of halogens is 2. The minimum atomic E-state index is -4.17. The first-order valence-corrected chi connectivity index (χ1v) is 24.3. The van der Waals surface area contributed by atoms with Crippen LogP contribution in [0.3, 0.4) is 0 Å². The summed E-state index contributed by atoms with van der Waals surface area (Å²) in [4.78, 5) is 22.0. The normalized spacial score (nSPS) is 13.6. The number of hydrazone groups is 1. The lowest BCUT2D eigenvalue weighted by Gasteiger charge is -2.32. The Balaban J connectivity index is 1.26. The minimum Gasteiger partial charge on any atom is -0.471 e. The summed E-state index contributed by atoms with van der Waals surface area (Å²) >= 11 is 0. The van der Waals surface area contributed by atoms with Gasteiger partial charge >= 0.3 is 5.97 Å². The number of aryl methyl sites for hydroxylation is 1. The van der Waals surface area contributed by atoms with Gasteiger partial charge in [-0.3, -0.25) is 9.79 Å². The first-order chi connectivity index (χ1) is 33.5. The van der Waals surface area contributed by atoms with Crippen LogP contribution in [0.2, 0.25) is 0 Å². The zero-order valence-electron chi connectivity index (χ0n) is 40.0. The molecule has 0 saturated carbocycles. The number of esters is 1. The number of hydrogen-bond donors (Lipinski definition) is 2. The number of benzene rings is 5. The topological polar surface area (TPSA) is 186 Å². The van der Waals surface area contributed by atoms with Crippen LogP contribution in [0.4, 0.5) is 8.78 Å². The van der Waals surface area contributed by atoms with Crippen molar-refractivity contribution >= 4 is 39.0 Å². The van der Waals surface area contributed by atoms with E-state index in [0.29, 0.717) is 30.5 Å². The highest BCUT2D eigenvalue weighted by Crippen LogP contribution is 2.41. The molecule has 0 bridgehead atoms. The van der Waals surface area contributed by atoms with E-state index in [-0.39, 0.29) is 83.0 Å². The molecule has 366 valence electrons. The van der Waals surface area contributed by atoms with Crippen molar-refractivity contribution in [1.29, 1.82) is 0 Å². The summed E-state index contributed by atoms with van der Waals surface area (Å²) < 4.78 is 80.3. The van der Waals surface area contributed by atoms with E-state index in [0.717, 1.165) is 26.7 Å². The van der Waals surface area contributed by atoms with Gasteiger partial charge in [-0.25, -0.2) is 30.8 Å². The Bertz CT molecular complexity index is 3140. The number of hydrogen-bond acceptors (Lipinski definition) is 12. The highest BCUT2D eigenvalue weighted by atomic mass is 32.2. The van der Waals surface area contributed by atoms with Crippen LogP contribution in [0.15, 0.2) is 136 Å². The molecule has 0 aliphatic carbocycles. The highest BCUT2D eigenvalue weighted by molar-refractivity contribution is 7.90. The van der Waals surface area contributed by atoms with E-state index in [9.17, 15) is 18.3 Å². The molecule has 70 heavy (non-hydrogen) atoms. The Hall–Kier alpha value is -7.24. The number of fused-ring (bicyclic) bond motifs is 1. The van der Waals surface area contributed by atoms with Crippen LogP contribution in [0, 0.1) is 23.0 Å². The Morgan fingerprint density at radius 3 is 2.31 bits per heavy atom. The average Bonchev–Trinajstić information content (AvgIpc) is 3.98. The second-order valence-corrected chi connectivity index (χ2v) is 19.9. The molecule has 5 aromatic carbocycles. The lowest BCUT2D eigenvalue weighted by atomic mass is 9.73. The van der Waals surface area contributed by atoms with Gasteiger partial charge in [0.2, 0.25) is 5.90 Å². The van der Waals surface area contributed by atoms with Crippen molar-refractivity contribution in [2.45, 2.75) is 77.3 Å². The van der Waals surface area contributed by atoms with Gasteiger partial charge in [-0.15, -0.1) is 5.10 Å². The Morgan fingerprint density at radius 1 is 0.900 bits per heavy atom. The number of aliphatic hydroxyl groups is 1. The summed E-state index contributed by atoms with van der Waals surface area (Å²) in [6.07, 6.45) is 4.14. The smallest absolute Gasteiger partial charge is 0.308 e. The van der Waals surface area contributed by atoms with Gasteiger partial charge in [0.25, 0.3) is 10.0 Å². The lowest BCUT2D eigenvalue weighted by Crippen LogP contribution is -2.29. The second kappa shape index (κ2) is 21.6. The van der Waals surface area contributed by atoms with Crippen LogP contribution in [0.25, 0.3) is 22.3 Å². The van der Waals surface area contributed by atoms with Crippen LogP contribution in [-0.2, 0) is 56.3 Å². The van der Waals surface area contributed by atoms with E-state index in [4.69, 9.17) is 30.1 Å². The van der Waals surface area contributed by atoms with Gasteiger partial charge in [0.15, 0.2) is 23.2 Å². The zero-order chi connectivity index (χ0) is 50.2. The number of carbonyl (C=O) groups is 1. The molecule has 17 heteroatoms. The monoisotopic (exact) mass is 973 g/mol. The molecule has 0 amide bonds. The predicted octanol–water partition coefficient (Wildman–Crippen LogP) is 9.65. The third-order valence-electron chi connectivity index (χ3n) is 12.3. The minimum absolute atomic E-state index is 0.00133. The molecule has 2 heterocycles. The Morgan fingerprint density at radius 2 is 1.61 bits per heavy atom. The van der Waals surface area contributed by atoms with Crippen LogP contribution in [-0.4, -0.2) is 63.6 Å². The molecular weight excluding hydrogens is 917 g/mol. The summed E-state index contributed by atoms with van der Waals surface area (Å²) in [5, 5.41) is 19.1. The van der Waals surface area contributed by atoms with Gasteiger partial charge in [-0.1, -0.05) is 93.6 Å². The first-order valence-electron chi connectivity index (χ1n) is 22.8. The molecule has 0 spiro atoms.